The summed E-state index contributed by atoms with van der Waals surface area (Å²) in [6, 6.07) is 60.1. The molecular weight excluding hydrogens is 571 g/mol. The highest BCUT2D eigenvalue weighted by Gasteiger charge is 2.41. The second kappa shape index (κ2) is 13.8. The molecule has 45 heavy (non-hydrogen) atoms. The van der Waals surface area contributed by atoms with Crippen LogP contribution in [0, 0.1) is 0 Å². The summed E-state index contributed by atoms with van der Waals surface area (Å²) in [6.07, 6.45) is 0. The Morgan fingerprint density at radius 1 is 0.489 bits per heavy atom. The molecule has 6 aromatic rings. The SMILES string of the molecule is O=C([O-])C(CSC(c1ccccc1)(c1ccccc1)c1ccccc1)NC(c1ccccc1)(c1ccccc1)c1ccccc1. The molecule has 3 nitrogen and oxygen atoms in total. The number of nitrogens with one attached hydrogen (secondary N) is 1. The largest absolute Gasteiger partial charge is 0.548 e. The van der Waals surface area contributed by atoms with Gasteiger partial charge >= 0.3 is 0 Å². The van der Waals surface area contributed by atoms with Gasteiger partial charge in [-0.1, -0.05) is 182 Å². The first-order chi connectivity index (χ1) is 22.1. The highest BCUT2D eigenvalue weighted by Crippen LogP contribution is 2.49. The van der Waals surface area contributed by atoms with E-state index >= 15 is 0 Å². The van der Waals surface area contributed by atoms with Crippen LogP contribution in [-0.2, 0) is 15.1 Å². The Hall–Kier alpha value is -4.90. The topological polar surface area (TPSA) is 52.2 Å². The maximum Gasteiger partial charge on any atom is 0.0953 e. The summed E-state index contributed by atoms with van der Waals surface area (Å²) < 4.78 is -0.673. The Kier molecular flexibility index (Phi) is 9.25. The minimum absolute atomic E-state index is 0.231. The van der Waals surface area contributed by atoms with Crippen molar-refractivity contribution in [2.75, 3.05) is 5.75 Å². The molecular formula is C41H34NO2S-. The molecule has 1 atom stereocenters. The number of hydrogen-bond acceptors (Lipinski definition) is 4. The molecule has 0 aromatic heterocycles. The van der Waals surface area contributed by atoms with Crippen LogP contribution in [0.4, 0.5) is 0 Å². The lowest BCUT2D eigenvalue weighted by Gasteiger charge is -2.42. The molecule has 0 bridgehead atoms. The Labute approximate surface area is 269 Å². The van der Waals surface area contributed by atoms with Crippen molar-refractivity contribution < 1.29 is 9.90 Å². The third-order valence-electron chi connectivity index (χ3n) is 8.30. The molecule has 222 valence electrons. The van der Waals surface area contributed by atoms with Crippen molar-refractivity contribution in [3.8, 4) is 0 Å². The molecule has 4 heteroatoms. The fourth-order valence-electron chi connectivity index (χ4n) is 6.22. The highest BCUT2D eigenvalue weighted by molar-refractivity contribution is 8.00. The molecule has 1 unspecified atom stereocenters. The van der Waals surface area contributed by atoms with Crippen LogP contribution in [0.1, 0.15) is 33.4 Å². The van der Waals surface area contributed by atoms with Gasteiger partial charge in [-0.2, -0.15) is 0 Å². The number of carboxylic acids is 1. The number of hydrogen-bond donors (Lipinski definition) is 1. The van der Waals surface area contributed by atoms with Crippen molar-refractivity contribution in [3.05, 3.63) is 215 Å². The van der Waals surface area contributed by atoms with Gasteiger partial charge in [-0.3, -0.25) is 5.32 Å². The zero-order chi connectivity index (χ0) is 31.0. The number of carbonyl (C=O) groups excluding carboxylic acids is 1. The van der Waals surface area contributed by atoms with Crippen molar-refractivity contribution in [1.29, 1.82) is 0 Å². The second-order valence-electron chi connectivity index (χ2n) is 11.0. The third-order valence-corrected chi connectivity index (χ3v) is 9.94. The molecule has 6 rings (SSSR count). The third kappa shape index (κ3) is 6.08. The first-order valence-electron chi connectivity index (χ1n) is 15.1. The van der Waals surface area contributed by atoms with Crippen LogP contribution in [-0.4, -0.2) is 17.8 Å². The van der Waals surface area contributed by atoms with Crippen molar-refractivity contribution in [3.63, 3.8) is 0 Å². The first-order valence-corrected chi connectivity index (χ1v) is 16.1. The van der Waals surface area contributed by atoms with Crippen LogP contribution in [0.3, 0.4) is 0 Å². The number of rotatable bonds is 12. The minimum Gasteiger partial charge on any atom is -0.548 e. The van der Waals surface area contributed by atoms with Gasteiger partial charge in [0.05, 0.1) is 22.3 Å². The lowest BCUT2D eigenvalue weighted by atomic mass is 9.76. The van der Waals surface area contributed by atoms with Crippen LogP contribution in [0.2, 0.25) is 0 Å². The predicted octanol–water partition coefficient (Wildman–Crippen LogP) is 7.41. The van der Waals surface area contributed by atoms with Crippen LogP contribution >= 0.6 is 11.8 Å². The Balaban J connectivity index is 1.50. The van der Waals surface area contributed by atoms with Crippen LogP contribution < -0.4 is 10.4 Å². The summed E-state index contributed by atoms with van der Waals surface area (Å²) in [5, 5.41) is 16.9. The Bertz CT molecular complexity index is 1590. The smallest absolute Gasteiger partial charge is 0.0953 e. The zero-order valence-electron chi connectivity index (χ0n) is 24.8. The van der Waals surface area contributed by atoms with Gasteiger partial charge in [-0.15, -0.1) is 11.8 Å². The molecule has 0 spiro atoms. The number of carboxylic acid groups (broad SMARTS) is 1. The van der Waals surface area contributed by atoms with Gasteiger partial charge < -0.3 is 9.90 Å². The van der Waals surface area contributed by atoms with Gasteiger partial charge in [-0.05, 0) is 33.4 Å². The average molecular weight is 605 g/mol. The molecule has 0 aliphatic carbocycles. The van der Waals surface area contributed by atoms with E-state index in [1.165, 1.54) is 0 Å². The van der Waals surface area contributed by atoms with Gasteiger partial charge in [0.2, 0.25) is 0 Å². The fourth-order valence-corrected chi connectivity index (χ4v) is 7.77. The maximum absolute atomic E-state index is 13.2. The number of carbonyl (C=O) groups is 1. The standard InChI is InChI=1S/C41H35NO2S/c43-39(44)38(42-40(32-19-7-1-8-20-32,33-21-9-2-10-22-33)34-23-11-3-12-24-34)31-45-41(35-25-13-4-14-26-35,36-27-15-5-16-28-36)37-29-17-6-18-30-37/h1-30,38,42H,31H2,(H,43,44)/p-1. The summed E-state index contributed by atoms with van der Waals surface area (Å²) in [4.78, 5) is 13.2. The number of benzene rings is 6. The van der Waals surface area contributed by atoms with E-state index in [2.05, 4.69) is 78.1 Å². The molecule has 0 saturated carbocycles. The van der Waals surface area contributed by atoms with E-state index < -0.39 is 22.3 Å². The number of aliphatic carboxylic acids is 1. The Morgan fingerprint density at radius 2 is 0.756 bits per heavy atom. The van der Waals surface area contributed by atoms with Crippen molar-refractivity contribution >= 4 is 17.7 Å². The quantitative estimate of drug-likeness (QED) is 0.148. The lowest BCUT2D eigenvalue weighted by Crippen LogP contribution is -2.57. The van der Waals surface area contributed by atoms with E-state index in [-0.39, 0.29) is 5.75 Å². The van der Waals surface area contributed by atoms with Crippen LogP contribution in [0.5, 0.6) is 0 Å². The summed E-state index contributed by atoms with van der Waals surface area (Å²) in [6.45, 7) is 0. The molecule has 0 aliphatic rings. The fraction of sp³-hybridized carbons (Fsp3) is 0.0976. The van der Waals surface area contributed by atoms with Crippen molar-refractivity contribution in [2.24, 2.45) is 0 Å². The molecule has 0 saturated heterocycles. The predicted molar refractivity (Wildman–Crippen MR) is 183 cm³/mol. The molecule has 0 fully saturated rings. The number of thioether (sulfide) groups is 1. The van der Waals surface area contributed by atoms with E-state index in [0.29, 0.717) is 0 Å². The molecule has 0 amide bonds. The van der Waals surface area contributed by atoms with E-state index in [1.807, 2.05) is 109 Å². The molecule has 0 aliphatic heterocycles. The normalized spacial score (nSPS) is 12.4. The van der Waals surface area contributed by atoms with Crippen molar-refractivity contribution in [2.45, 2.75) is 16.3 Å². The second-order valence-corrected chi connectivity index (χ2v) is 12.2. The maximum atomic E-state index is 13.2. The van der Waals surface area contributed by atoms with Gasteiger partial charge in [-0.25, -0.2) is 0 Å². The lowest BCUT2D eigenvalue weighted by molar-refractivity contribution is -0.308. The van der Waals surface area contributed by atoms with Crippen molar-refractivity contribution in [1.82, 2.24) is 5.32 Å². The van der Waals surface area contributed by atoms with Gasteiger partial charge in [0.1, 0.15) is 0 Å². The highest BCUT2D eigenvalue weighted by atomic mass is 32.2. The van der Waals surface area contributed by atoms with E-state index in [4.69, 9.17) is 0 Å². The summed E-state index contributed by atoms with van der Waals surface area (Å²) in [5.41, 5.74) is 5.10. The molecule has 0 radical (unpaired) electrons. The van der Waals surface area contributed by atoms with Gasteiger partial charge in [0, 0.05) is 5.75 Å². The average Bonchev–Trinajstić information content (AvgIpc) is 3.12. The van der Waals surface area contributed by atoms with Gasteiger partial charge in [0.15, 0.2) is 0 Å². The zero-order valence-corrected chi connectivity index (χ0v) is 25.6. The summed E-state index contributed by atoms with van der Waals surface area (Å²) in [7, 11) is 0. The molecule has 1 N–H and O–H groups in total. The Morgan fingerprint density at radius 3 is 1.02 bits per heavy atom. The van der Waals surface area contributed by atoms with E-state index in [0.717, 1.165) is 33.4 Å². The van der Waals surface area contributed by atoms with Crippen LogP contribution in [0.25, 0.3) is 0 Å². The first kappa shape index (κ1) is 30.1. The monoisotopic (exact) mass is 604 g/mol. The van der Waals surface area contributed by atoms with E-state index in [9.17, 15) is 9.90 Å². The van der Waals surface area contributed by atoms with E-state index in [1.54, 1.807) is 11.8 Å². The minimum atomic E-state index is -1.15. The summed E-state index contributed by atoms with van der Waals surface area (Å²) >= 11 is 1.61. The summed E-state index contributed by atoms with van der Waals surface area (Å²) in [5.74, 6) is -0.923. The molecule has 0 heterocycles. The van der Waals surface area contributed by atoms with Crippen LogP contribution in [0.15, 0.2) is 182 Å². The molecule has 6 aromatic carbocycles. The van der Waals surface area contributed by atoms with Gasteiger partial charge in [0.25, 0.3) is 0 Å².